The molecule has 1 saturated heterocycles. The molecule has 1 heterocycles. The van der Waals surface area contributed by atoms with Crippen molar-refractivity contribution in [2.75, 3.05) is 19.7 Å². The fourth-order valence-electron chi connectivity index (χ4n) is 2.61. The molecule has 0 aromatic rings. The summed E-state index contributed by atoms with van der Waals surface area (Å²) in [5.74, 6) is 0.293. The molecule has 0 amide bonds. The maximum atomic E-state index is 8.57. The van der Waals surface area contributed by atoms with Crippen LogP contribution in [0.5, 0.6) is 0 Å². The summed E-state index contributed by atoms with van der Waals surface area (Å²) in [6.45, 7) is 2.21. The van der Waals surface area contributed by atoms with E-state index in [9.17, 15) is 0 Å². The second kappa shape index (κ2) is 4.81. The van der Waals surface area contributed by atoms with Gasteiger partial charge in [-0.1, -0.05) is 18.0 Å². The Hall–Kier alpha value is -0.810. The number of nitrogens with zero attached hydrogens (tertiary/aromatic N) is 2. The number of hydrogen-bond donors (Lipinski definition) is 2. The molecule has 2 atom stereocenters. The van der Waals surface area contributed by atoms with Crippen molar-refractivity contribution in [2.45, 2.75) is 37.8 Å². The minimum atomic E-state index is 0.293. The third-order valence-corrected chi connectivity index (χ3v) is 3.34. The Labute approximate surface area is 89.9 Å². The molecular weight excluding hydrogens is 194 g/mol. The van der Waals surface area contributed by atoms with Crippen LogP contribution in [0.4, 0.5) is 0 Å². The molecule has 2 unspecified atom stereocenters. The van der Waals surface area contributed by atoms with Crippen LogP contribution < -0.4 is 5.73 Å². The number of nitrogens with two attached hydrogens (primary N) is 1. The van der Waals surface area contributed by atoms with Crippen molar-refractivity contribution in [1.82, 2.24) is 4.90 Å². The Morgan fingerprint density at radius 3 is 3.07 bits per heavy atom. The van der Waals surface area contributed by atoms with Crippen LogP contribution in [0, 0.1) is 0 Å². The van der Waals surface area contributed by atoms with Crippen LogP contribution in [0.15, 0.2) is 5.16 Å². The zero-order valence-electron chi connectivity index (χ0n) is 8.93. The molecule has 86 valence electrons. The Morgan fingerprint density at radius 2 is 2.27 bits per heavy atom. The summed E-state index contributed by atoms with van der Waals surface area (Å²) >= 11 is 0. The van der Waals surface area contributed by atoms with Gasteiger partial charge in [-0.15, -0.1) is 0 Å². The topological polar surface area (TPSA) is 71.1 Å². The number of oxime groups is 1. The van der Waals surface area contributed by atoms with E-state index in [1.165, 1.54) is 19.3 Å². The van der Waals surface area contributed by atoms with Crippen LogP contribution in [0.3, 0.4) is 0 Å². The zero-order chi connectivity index (χ0) is 10.7. The fourth-order valence-corrected chi connectivity index (χ4v) is 2.61. The van der Waals surface area contributed by atoms with E-state index in [1.807, 2.05) is 0 Å². The van der Waals surface area contributed by atoms with Gasteiger partial charge < -0.3 is 15.7 Å². The first-order valence-corrected chi connectivity index (χ1v) is 5.63. The number of rotatable bonds is 2. The maximum absolute atomic E-state index is 8.57. The van der Waals surface area contributed by atoms with E-state index >= 15 is 0 Å². The van der Waals surface area contributed by atoms with E-state index in [-0.39, 0.29) is 0 Å². The lowest BCUT2D eigenvalue weighted by molar-refractivity contribution is -0.0829. The average Bonchev–Trinajstić information content (AvgIpc) is 2.29. The van der Waals surface area contributed by atoms with Crippen molar-refractivity contribution >= 4 is 5.84 Å². The van der Waals surface area contributed by atoms with Gasteiger partial charge in [-0.2, -0.15) is 0 Å². The number of hydrogen-bond acceptors (Lipinski definition) is 4. The molecule has 5 nitrogen and oxygen atoms in total. The van der Waals surface area contributed by atoms with Gasteiger partial charge in [0.05, 0.1) is 19.3 Å². The van der Waals surface area contributed by atoms with Crippen molar-refractivity contribution in [3.05, 3.63) is 0 Å². The van der Waals surface area contributed by atoms with Crippen molar-refractivity contribution in [3.8, 4) is 0 Å². The second-order valence-electron chi connectivity index (χ2n) is 4.32. The molecule has 2 fully saturated rings. The van der Waals surface area contributed by atoms with Crippen LogP contribution in [0.1, 0.15) is 25.7 Å². The summed E-state index contributed by atoms with van der Waals surface area (Å²) in [7, 11) is 0. The molecule has 3 N–H and O–H groups in total. The van der Waals surface area contributed by atoms with E-state index in [4.69, 9.17) is 15.7 Å². The van der Waals surface area contributed by atoms with Gasteiger partial charge in [0.25, 0.3) is 0 Å². The minimum absolute atomic E-state index is 0.293. The largest absolute Gasteiger partial charge is 0.409 e. The molecule has 0 aromatic heterocycles. The monoisotopic (exact) mass is 213 g/mol. The molecule has 1 aliphatic carbocycles. The van der Waals surface area contributed by atoms with Gasteiger partial charge in [0.1, 0.15) is 0 Å². The highest BCUT2D eigenvalue weighted by atomic mass is 16.5. The van der Waals surface area contributed by atoms with E-state index in [2.05, 4.69) is 10.1 Å². The maximum Gasteiger partial charge on any atom is 0.153 e. The summed E-state index contributed by atoms with van der Waals surface area (Å²) in [6.07, 6.45) is 5.20. The number of morpholine rings is 1. The summed E-state index contributed by atoms with van der Waals surface area (Å²) in [5.41, 5.74) is 5.54. The molecule has 1 saturated carbocycles. The van der Waals surface area contributed by atoms with Crippen LogP contribution >= 0.6 is 0 Å². The van der Waals surface area contributed by atoms with Crippen molar-refractivity contribution in [2.24, 2.45) is 10.9 Å². The van der Waals surface area contributed by atoms with E-state index in [1.54, 1.807) is 0 Å². The van der Waals surface area contributed by atoms with Crippen LogP contribution in [-0.4, -0.2) is 47.8 Å². The lowest BCUT2D eigenvalue weighted by Crippen LogP contribution is -2.54. The molecule has 2 rings (SSSR count). The molecule has 0 bridgehead atoms. The van der Waals surface area contributed by atoms with E-state index in [0.717, 1.165) is 19.6 Å². The van der Waals surface area contributed by atoms with Gasteiger partial charge >= 0.3 is 0 Å². The Kier molecular flexibility index (Phi) is 3.43. The molecule has 0 aromatic carbocycles. The highest BCUT2D eigenvalue weighted by Crippen LogP contribution is 2.27. The van der Waals surface area contributed by atoms with Gasteiger partial charge in [-0.05, 0) is 12.8 Å². The van der Waals surface area contributed by atoms with E-state index < -0.39 is 0 Å². The zero-order valence-corrected chi connectivity index (χ0v) is 8.93. The van der Waals surface area contributed by atoms with Crippen LogP contribution in [0.2, 0.25) is 0 Å². The third kappa shape index (κ3) is 2.41. The first-order chi connectivity index (χ1) is 7.31. The molecule has 0 radical (unpaired) electrons. The summed E-state index contributed by atoms with van der Waals surface area (Å²) in [4.78, 5) is 2.28. The highest BCUT2D eigenvalue weighted by molar-refractivity contribution is 5.81. The van der Waals surface area contributed by atoms with Crippen molar-refractivity contribution in [3.63, 3.8) is 0 Å². The fraction of sp³-hybridized carbons (Fsp3) is 0.900. The Morgan fingerprint density at radius 1 is 1.47 bits per heavy atom. The Bertz CT molecular complexity index is 243. The van der Waals surface area contributed by atoms with Crippen molar-refractivity contribution in [1.29, 1.82) is 0 Å². The molecule has 5 heteroatoms. The average molecular weight is 213 g/mol. The number of fused-ring (bicyclic) bond motifs is 1. The standard InChI is InChI=1S/C10H19N3O2/c11-10(12-14)7-13-5-6-15-9-4-2-1-3-8(9)13/h8-9,14H,1-7H2,(H2,11,12). The summed E-state index contributed by atoms with van der Waals surface area (Å²) < 4.78 is 5.74. The smallest absolute Gasteiger partial charge is 0.153 e. The highest BCUT2D eigenvalue weighted by Gasteiger charge is 2.34. The van der Waals surface area contributed by atoms with Crippen LogP contribution in [0.25, 0.3) is 0 Å². The molecule has 1 aliphatic heterocycles. The minimum Gasteiger partial charge on any atom is -0.409 e. The summed E-state index contributed by atoms with van der Waals surface area (Å²) in [6, 6.07) is 0.466. The molecular formula is C10H19N3O2. The normalized spacial score (nSPS) is 33.7. The third-order valence-electron chi connectivity index (χ3n) is 3.34. The second-order valence-corrected chi connectivity index (χ2v) is 4.32. The summed E-state index contributed by atoms with van der Waals surface area (Å²) in [5, 5.41) is 11.6. The molecule has 15 heavy (non-hydrogen) atoms. The molecule has 0 spiro atoms. The first-order valence-electron chi connectivity index (χ1n) is 5.63. The lowest BCUT2D eigenvalue weighted by atomic mass is 9.90. The van der Waals surface area contributed by atoms with Gasteiger partial charge in [0.15, 0.2) is 5.84 Å². The van der Waals surface area contributed by atoms with Gasteiger partial charge in [-0.25, -0.2) is 0 Å². The quantitative estimate of drug-likeness (QED) is 0.301. The number of ether oxygens (including phenoxy) is 1. The lowest BCUT2D eigenvalue weighted by Gasteiger charge is -2.43. The van der Waals surface area contributed by atoms with Gasteiger partial charge in [0, 0.05) is 12.6 Å². The Balaban J connectivity index is 1.97. The van der Waals surface area contributed by atoms with E-state index in [0.29, 0.717) is 24.5 Å². The SMILES string of the molecule is NC(CN1CCOC2CCCCC21)=NO. The first kappa shape index (κ1) is 10.7. The molecule has 2 aliphatic rings. The number of amidine groups is 1. The van der Waals surface area contributed by atoms with Crippen molar-refractivity contribution < 1.29 is 9.94 Å². The van der Waals surface area contributed by atoms with Gasteiger partial charge in [0.2, 0.25) is 0 Å². The van der Waals surface area contributed by atoms with Crippen LogP contribution in [-0.2, 0) is 4.74 Å². The predicted molar refractivity (Wildman–Crippen MR) is 57.0 cm³/mol. The predicted octanol–water partition coefficient (Wildman–Crippen LogP) is 0.376. The van der Waals surface area contributed by atoms with Gasteiger partial charge in [-0.3, -0.25) is 4.90 Å².